The highest BCUT2D eigenvalue weighted by atomic mass is 35.5. The summed E-state index contributed by atoms with van der Waals surface area (Å²) in [5.41, 5.74) is 0.183. The number of anilines is 1. The molecule has 0 aliphatic rings. The SMILES string of the molecule is CC(C)C(Nc1cn[nH]c(=O)c1Cl)c1cccs1. The third-order valence-electron chi connectivity index (χ3n) is 2.62. The van der Waals surface area contributed by atoms with Gasteiger partial charge in [-0.25, -0.2) is 5.10 Å². The molecule has 0 aliphatic heterocycles. The quantitative estimate of drug-likeness (QED) is 0.905. The van der Waals surface area contributed by atoms with Crippen LogP contribution in [0.15, 0.2) is 28.5 Å². The van der Waals surface area contributed by atoms with Crippen molar-refractivity contribution < 1.29 is 0 Å². The fraction of sp³-hybridized carbons (Fsp3) is 0.333. The van der Waals surface area contributed by atoms with Crippen LogP contribution < -0.4 is 10.9 Å². The van der Waals surface area contributed by atoms with Gasteiger partial charge in [0.15, 0.2) is 0 Å². The summed E-state index contributed by atoms with van der Waals surface area (Å²) in [6.07, 6.45) is 1.53. The highest BCUT2D eigenvalue weighted by molar-refractivity contribution is 7.10. The molecule has 2 aromatic heterocycles. The number of nitrogens with one attached hydrogen (secondary N) is 2. The van der Waals surface area contributed by atoms with Gasteiger partial charge in [0.2, 0.25) is 0 Å². The molecule has 0 saturated carbocycles. The van der Waals surface area contributed by atoms with Crippen LogP contribution in [0, 0.1) is 5.92 Å². The van der Waals surface area contributed by atoms with Gasteiger partial charge in [-0.15, -0.1) is 11.3 Å². The second-order valence-electron chi connectivity index (χ2n) is 4.31. The summed E-state index contributed by atoms with van der Waals surface area (Å²) in [5, 5.41) is 11.5. The Morgan fingerprint density at radius 2 is 2.28 bits per heavy atom. The Bertz CT molecular complexity index is 565. The van der Waals surface area contributed by atoms with Crippen LogP contribution in [0.1, 0.15) is 24.8 Å². The normalized spacial score (nSPS) is 12.7. The second-order valence-corrected chi connectivity index (χ2v) is 5.67. The van der Waals surface area contributed by atoms with Gasteiger partial charge in [0.05, 0.1) is 17.9 Å². The Morgan fingerprint density at radius 3 is 2.89 bits per heavy atom. The van der Waals surface area contributed by atoms with E-state index < -0.39 is 0 Å². The minimum atomic E-state index is -0.379. The predicted octanol–water partition coefficient (Wildman–Crippen LogP) is 3.29. The smallest absolute Gasteiger partial charge is 0.285 e. The number of nitrogens with zero attached hydrogens (tertiary/aromatic N) is 1. The Hall–Kier alpha value is -1.33. The highest BCUT2D eigenvalue weighted by Crippen LogP contribution is 2.30. The fourth-order valence-electron chi connectivity index (χ4n) is 1.69. The molecule has 0 fully saturated rings. The van der Waals surface area contributed by atoms with E-state index >= 15 is 0 Å². The third kappa shape index (κ3) is 2.73. The predicted molar refractivity (Wildman–Crippen MR) is 75.4 cm³/mol. The lowest BCUT2D eigenvalue weighted by Crippen LogP contribution is -2.18. The highest BCUT2D eigenvalue weighted by Gasteiger charge is 2.18. The van der Waals surface area contributed by atoms with Crippen LogP contribution in [-0.2, 0) is 0 Å². The zero-order valence-electron chi connectivity index (χ0n) is 10.1. The van der Waals surface area contributed by atoms with Crippen LogP contribution in [0.2, 0.25) is 5.02 Å². The zero-order chi connectivity index (χ0) is 13.1. The topological polar surface area (TPSA) is 57.8 Å². The van der Waals surface area contributed by atoms with Gasteiger partial charge >= 0.3 is 0 Å². The Balaban J connectivity index is 2.30. The molecular weight excluding hydrogens is 270 g/mol. The first-order valence-corrected chi connectivity index (χ1v) is 6.88. The summed E-state index contributed by atoms with van der Waals surface area (Å²) in [6.45, 7) is 4.23. The summed E-state index contributed by atoms with van der Waals surface area (Å²) < 4.78 is 0. The molecule has 2 aromatic rings. The number of H-pyrrole nitrogens is 1. The molecule has 2 N–H and O–H groups in total. The van der Waals surface area contributed by atoms with Crippen molar-refractivity contribution in [2.24, 2.45) is 5.92 Å². The number of hydrogen-bond donors (Lipinski definition) is 2. The first-order valence-electron chi connectivity index (χ1n) is 5.62. The van der Waals surface area contributed by atoms with E-state index in [0.29, 0.717) is 11.6 Å². The molecule has 2 heterocycles. The van der Waals surface area contributed by atoms with Crippen molar-refractivity contribution in [3.63, 3.8) is 0 Å². The van der Waals surface area contributed by atoms with E-state index in [0.717, 1.165) is 0 Å². The number of aromatic amines is 1. The van der Waals surface area contributed by atoms with E-state index in [4.69, 9.17) is 11.6 Å². The van der Waals surface area contributed by atoms with Crippen LogP contribution in [0.3, 0.4) is 0 Å². The first-order chi connectivity index (χ1) is 8.59. The van der Waals surface area contributed by atoms with Crippen molar-refractivity contribution in [3.05, 3.63) is 44.0 Å². The molecule has 0 amide bonds. The van der Waals surface area contributed by atoms with Crippen molar-refractivity contribution in [3.8, 4) is 0 Å². The summed E-state index contributed by atoms with van der Waals surface area (Å²) >= 11 is 7.64. The monoisotopic (exact) mass is 283 g/mol. The van der Waals surface area contributed by atoms with Gasteiger partial charge in [-0.2, -0.15) is 5.10 Å². The molecule has 1 atom stereocenters. The lowest BCUT2D eigenvalue weighted by Gasteiger charge is -2.22. The maximum Gasteiger partial charge on any atom is 0.285 e. The number of rotatable bonds is 4. The largest absolute Gasteiger partial charge is 0.374 e. The maximum atomic E-state index is 11.4. The van der Waals surface area contributed by atoms with Gasteiger partial charge in [-0.1, -0.05) is 31.5 Å². The number of thiophene rings is 1. The Kier molecular flexibility index (Phi) is 4.04. The molecule has 4 nitrogen and oxygen atoms in total. The van der Waals surface area contributed by atoms with Gasteiger partial charge in [0.1, 0.15) is 5.02 Å². The van der Waals surface area contributed by atoms with E-state index in [9.17, 15) is 4.79 Å². The summed E-state index contributed by atoms with van der Waals surface area (Å²) in [5.74, 6) is 0.374. The van der Waals surface area contributed by atoms with Crippen molar-refractivity contribution in [2.75, 3.05) is 5.32 Å². The van der Waals surface area contributed by atoms with Crippen molar-refractivity contribution in [1.29, 1.82) is 0 Å². The van der Waals surface area contributed by atoms with E-state index in [1.807, 2.05) is 11.4 Å². The molecule has 0 aliphatic carbocycles. The van der Waals surface area contributed by atoms with E-state index in [-0.39, 0.29) is 16.6 Å². The average molecular weight is 284 g/mol. The minimum absolute atomic E-state index is 0.117. The van der Waals surface area contributed by atoms with E-state index in [2.05, 4.69) is 35.4 Å². The van der Waals surface area contributed by atoms with Crippen molar-refractivity contribution in [1.82, 2.24) is 10.2 Å². The third-order valence-corrected chi connectivity index (χ3v) is 3.95. The molecule has 0 radical (unpaired) electrons. The molecular formula is C12H14ClN3OS. The summed E-state index contributed by atoms with van der Waals surface area (Å²) in [6, 6.07) is 4.19. The molecule has 0 spiro atoms. The molecule has 0 aromatic carbocycles. The van der Waals surface area contributed by atoms with Crippen LogP contribution in [-0.4, -0.2) is 10.2 Å². The van der Waals surface area contributed by atoms with Crippen molar-refractivity contribution in [2.45, 2.75) is 19.9 Å². The summed E-state index contributed by atoms with van der Waals surface area (Å²) in [4.78, 5) is 12.6. The first kappa shape index (κ1) is 13.1. The van der Waals surface area contributed by atoms with Crippen LogP contribution in [0.4, 0.5) is 5.69 Å². The summed E-state index contributed by atoms with van der Waals surface area (Å²) in [7, 11) is 0. The minimum Gasteiger partial charge on any atom is -0.374 e. The Morgan fingerprint density at radius 1 is 1.50 bits per heavy atom. The molecule has 18 heavy (non-hydrogen) atoms. The number of halogens is 1. The van der Waals surface area contributed by atoms with Crippen LogP contribution in [0.25, 0.3) is 0 Å². The van der Waals surface area contributed by atoms with E-state index in [1.54, 1.807) is 11.3 Å². The number of aromatic nitrogens is 2. The lowest BCUT2D eigenvalue weighted by molar-refractivity contribution is 0.553. The van der Waals surface area contributed by atoms with Gasteiger partial charge in [0, 0.05) is 4.88 Å². The lowest BCUT2D eigenvalue weighted by atomic mass is 10.0. The maximum absolute atomic E-state index is 11.4. The fourth-order valence-corrected chi connectivity index (χ4v) is 2.78. The van der Waals surface area contributed by atoms with E-state index in [1.165, 1.54) is 11.1 Å². The molecule has 1 unspecified atom stereocenters. The number of hydrogen-bond acceptors (Lipinski definition) is 4. The van der Waals surface area contributed by atoms with Crippen LogP contribution >= 0.6 is 22.9 Å². The second kappa shape index (κ2) is 5.54. The molecule has 96 valence electrons. The van der Waals surface area contributed by atoms with Gasteiger partial charge in [-0.3, -0.25) is 4.79 Å². The average Bonchev–Trinajstić information content (AvgIpc) is 2.84. The molecule has 2 rings (SSSR count). The van der Waals surface area contributed by atoms with Crippen LogP contribution in [0.5, 0.6) is 0 Å². The Labute approximate surface area is 114 Å². The zero-order valence-corrected chi connectivity index (χ0v) is 11.7. The molecule has 0 saturated heterocycles. The van der Waals surface area contributed by atoms with Gasteiger partial charge in [-0.05, 0) is 17.4 Å². The molecule has 6 heteroatoms. The standard InChI is InChI=1S/C12H14ClN3OS/c1-7(2)11(9-4-3-5-18-9)15-8-6-14-16-12(17)10(8)13/h3-7,11H,1-2H3,(H2,15,16,17). The van der Waals surface area contributed by atoms with Crippen molar-refractivity contribution >= 4 is 28.6 Å². The van der Waals surface area contributed by atoms with Gasteiger partial charge in [0.25, 0.3) is 5.56 Å². The molecule has 0 bridgehead atoms. The van der Waals surface area contributed by atoms with Gasteiger partial charge < -0.3 is 5.32 Å².